The zero-order valence-electron chi connectivity index (χ0n) is 19.6. The van der Waals surface area contributed by atoms with Crippen molar-refractivity contribution in [3.05, 3.63) is 70.6 Å². The average Bonchev–Trinajstić information content (AvgIpc) is 3.51. The van der Waals surface area contributed by atoms with Gasteiger partial charge in [-0.2, -0.15) is 0 Å². The molecule has 0 spiro atoms. The predicted molar refractivity (Wildman–Crippen MR) is 146 cm³/mol. The quantitative estimate of drug-likeness (QED) is 0.290. The number of thiazole rings is 1. The Balaban J connectivity index is 1.42. The molecule has 3 N–H and O–H groups in total. The van der Waals surface area contributed by atoms with Crippen LogP contribution in [-0.2, 0) is 12.8 Å². The zero-order chi connectivity index (χ0) is 24.6. The fraction of sp³-hybridized carbons (Fsp3) is 0.185. The van der Waals surface area contributed by atoms with Crippen LogP contribution in [-0.4, -0.2) is 28.0 Å². The molecule has 3 aromatic heterocycles. The van der Waals surface area contributed by atoms with Gasteiger partial charge in [0.05, 0.1) is 18.2 Å². The predicted octanol–water partition coefficient (Wildman–Crippen LogP) is 6.20. The number of aromatic nitrogens is 3. The summed E-state index contributed by atoms with van der Waals surface area (Å²) in [5.74, 6) is 1.47. The van der Waals surface area contributed by atoms with Crippen LogP contribution in [0.25, 0.3) is 32.2 Å². The van der Waals surface area contributed by atoms with E-state index in [1.807, 2.05) is 30.3 Å². The van der Waals surface area contributed by atoms with Crippen LogP contribution < -0.4 is 15.8 Å². The SMILES string of the molecule is COc1ccc(C(=O)Nc2nc(-c3ccccc3)c(-c3nc(N)c4c5c(sc4n3)CCCC5)s2)cc1. The number of benzene rings is 2. The summed E-state index contributed by atoms with van der Waals surface area (Å²) >= 11 is 3.06. The molecule has 7 nitrogen and oxygen atoms in total. The fourth-order valence-corrected chi connectivity index (χ4v) is 6.70. The molecule has 0 saturated carbocycles. The summed E-state index contributed by atoms with van der Waals surface area (Å²) in [4.78, 5) is 30.4. The number of nitrogen functional groups attached to an aromatic ring is 1. The van der Waals surface area contributed by atoms with Crippen LogP contribution in [0.1, 0.15) is 33.6 Å². The number of amides is 1. The Hall–Kier alpha value is -3.82. The molecule has 3 heterocycles. The maximum absolute atomic E-state index is 12.9. The van der Waals surface area contributed by atoms with Crippen LogP contribution in [0.5, 0.6) is 5.75 Å². The topological polar surface area (TPSA) is 103 Å². The highest BCUT2D eigenvalue weighted by atomic mass is 32.1. The number of carbonyl (C=O) groups is 1. The van der Waals surface area contributed by atoms with Crippen LogP contribution in [0.3, 0.4) is 0 Å². The summed E-state index contributed by atoms with van der Waals surface area (Å²) in [6.07, 6.45) is 4.47. The Kier molecular flexibility index (Phi) is 5.86. The molecule has 1 aliphatic rings. The lowest BCUT2D eigenvalue weighted by atomic mass is 9.97. The van der Waals surface area contributed by atoms with Crippen LogP contribution in [0.15, 0.2) is 54.6 Å². The smallest absolute Gasteiger partial charge is 0.257 e. The van der Waals surface area contributed by atoms with Crippen molar-refractivity contribution < 1.29 is 9.53 Å². The molecule has 1 amide bonds. The van der Waals surface area contributed by atoms with Gasteiger partial charge < -0.3 is 10.5 Å². The Morgan fingerprint density at radius 3 is 2.53 bits per heavy atom. The lowest BCUT2D eigenvalue weighted by Gasteiger charge is -2.10. The van der Waals surface area contributed by atoms with Crippen molar-refractivity contribution in [2.45, 2.75) is 25.7 Å². The maximum atomic E-state index is 12.9. The molecule has 0 fully saturated rings. The van der Waals surface area contributed by atoms with Crippen molar-refractivity contribution in [2.24, 2.45) is 0 Å². The molecule has 0 saturated heterocycles. The van der Waals surface area contributed by atoms with Gasteiger partial charge in [0.2, 0.25) is 0 Å². The van der Waals surface area contributed by atoms with E-state index in [1.165, 1.54) is 34.6 Å². The summed E-state index contributed by atoms with van der Waals surface area (Å²) in [7, 11) is 1.59. The Labute approximate surface area is 216 Å². The number of nitrogens with two attached hydrogens (primary N) is 1. The number of rotatable bonds is 5. The molecular formula is C27H23N5O2S2. The second kappa shape index (κ2) is 9.33. The van der Waals surface area contributed by atoms with E-state index in [0.29, 0.717) is 33.8 Å². The minimum absolute atomic E-state index is 0.251. The minimum Gasteiger partial charge on any atom is -0.497 e. The van der Waals surface area contributed by atoms with Gasteiger partial charge in [-0.3, -0.25) is 10.1 Å². The first-order chi connectivity index (χ1) is 17.6. The molecule has 2 aromatic carbocycles. The van der Waals surface area contributed by atoms with Crippen LogP contribution >= 0.6 is 22.7 Å². The van der Waals surface area contributed by atoms with E-state index < -0.39 is 0 Å². The second-order valence-corrected chi connectivity index (χ2v) is 10.7. The first-order valence-corrected chi connectivity index (χ1v) is 13.3. The lowest BCUT2D eigenvalue weighted by molar-refractivity contribution is 0.102. The molecule has 6 rings (SSSR count). The number of aryl methyl sites for hydroxylation is 2. The van der Waals surface area contributed by atoms with E-state index in [0.717, 1.165) is 33.5 Å². The highest BCUT2D eigenvalue weighted by Crippen LogP contribution is 2.42. The Morgan fingerprint density at radius 1 is 0.972 bits per heavy atom. The number of carbonyl (C=O) groups excluding carboxylic acids is 1. The standard InChI is InChI=1S/C27H23N5O2S2/c1-34-17-13-11-16(12-14-17)25(33)32-27-29-21(15-7-3-2-4-8-15)22(36-27)24-30-23(28)20-18-9-5-6-10-19(18)35-26(20)31-24/h2-4,7-8,11-14H,5-6,9-10H2,1H3,(H2,28,30,31)(H,29,32,33). The number of thiophene rings is 1. The molecule has 0 unspecified atom stereocenters. The molecule has 9 heteroatoms. The number of fused-ring (bicyclic) bond motifs is 3. The zero-order valence-corrected chi connectivity index (χ0v) is 21.2. The highest BCUT2D eigenvalue weighted by molar-refractivity contribution is 7.20. The first-order valence-electron chi connectivity index (χ1n) is 11.7. The molecule has 0 aliphatic heterocycles. The van der Waals surface area contributed by atoms with Gasteiger partial charge in [0.15, 0.2) is 11.0 Å². The monoisotopic (exact) mass is 513 g/mol. The molecule has 0 radical (unpaired) electrons. The normalized spacial score (nSPS) is 12.9. The second-order valence-electron chi connectivity index (χ2n) is 8.57. The van der Waals surface area contributed by atoms with Gasteiger partial charge >= 0.3 is 0 Å². The third kappa shape index (κ3) is 4.10. The molecule has 0 atom stereocenters. The van der Waals surface area contributed by atoms with Gasteiger partial charge in [-0.25, -0.2) is 15.0 Å². The van der Waals surface area contributed by atoms with E-state index >= 15 is 0 Å². The van der Waals surface area contributed by atoms with Crippen molar-refractivity contribution in [1.29, 1.82) is 0 Å². The minimum atomic E-state index is -0.251. The Bertz CT molecular complexity index is 1580. The van der Waals surface area contributed by atoms with Crippen molar-refractivity contribution in [3.63, 3.8) is 0 Å². The fourth-order valence-electron chi connectivity index (χ4n) is 4.52. The molecular weight excluding hydrogens is 490 g/mol. The number of nitrogens with one attached hydrogen (secondary N) is 1. The third-order valence-corrected chi connectivity index (χ3v) is 8.45. The van der Waals surface area contributed by atoms with Gasteiger partial charge in [0.1, 0.15) is 21.3 Å². The van der Waals surface area contributed by atoms with Crippen LogP contribution in [0.2, 0.25) is 0 Å². The van der Waals surface area contributed by atoms with E-state index in [2.05, 4.69) is 5.32 Å². The van der Waals surface area contributed by atoms with E-state index in [1.54, 1.807) is 42.7 Å². The summed E-state index contributed by atoms with van der Waals surface area (Å²) in [5, 5.41) is 4.40. The van der Waals surface area contributed by atoms with E-state index in [4.69, 9.17) is 25.4 Å². The van der Waals surface area contributed by atoms with Crippen molar-refractivity contribution in [2.75, 3.05) is 18.2 Å². The molecule has 36 heavy (non-hydrogen) atoms. The van der Waals surface area contributed by atoms with E-state index in [-0.39, 0.29) is 5.91 Å². The van der Waals surface area contributed by atoms with Gasteiger partial charge in [-0.05, 0) is 55.5 Å². The number of hydrogen-bond acceptors (Lipinski definition) is 8. The summed E-state index contributed by atoms with van der Waals surface area (Å²) in [6, 6.07) is 16.8. The number of methoxy groups -OCH3 is 1. The van der Waals surface area contributed by atoms with Gasteiger partial charge in [-0.15, -0.1) is 11.3 Å². The molecule has 5 aromatic rings. The van der Waals surface area contributed by atoms with Crippen molar-refractivity contribution in [3.8, 4) is 27.7 Å². The average molecular weight is 514 g/mol. The van der Waals surface area contributed by atoms with Crippen LogP contribution in [0.4, 0.5) is 10.9 Å². The van der Waals surface area contributed by atoms with Crippen molar-refractivity contribution >= 4 is 49.7 Å². The van der Waals surface area contributed by atoms with Crippen LogP contribution in [0, 0.1) is 0 Å². The summed E-state index contributed by atoms with van der Waals surface area (Å²) < 4.78 is 5.19. The molecule has 180 valence electrons. The third-order valence-electron chi connectivity index (χ3n) is 6.29. The number of nitrogens with zero attached hydrogens (tertiary/aromatic N) is 3. The van der Waals surface area contributed by atoms with Gasteiger partial charge in [-0.1, -0.05) is 41.7 Å². The van der Waals surface area contributed by atoms with Gasteiger partial charge in [0, 0.05) is 16.0 Å². The molecule has 1 aliphatic carbocycles. The lowest BCUT2D eigenvalue weighted by Crippen LogP contribution is -2.11. The summed E-state index contributed by atoms with van der Waals surface area (Å²) in [6.45, 7) is 0. The number of anilines is 2. The van der Waals surface area contributed by atoms with Crippen molar-refractivity contribution in [1.82, 2.24) is 15.0 Å². The largest absolute Gasteiger partial charge is 0.497 e. The Morgan fingerprint density at radius 2 is 1.75 bits per heavy atom. The molecule has 0 bridgehead atoms. The summed E-state index contributed by atoms with van der Waals surface area (Å²) in [5.41, 5.74) is 9.95. The maximum Gasteiger partial charge on any atom is 0.257 e. The van der Waals surface area contributed by atoms with E-state index in [9.17, 15) is 4.79 Å². The number of hydrogen-bond donors (Lipinski definition) is 2. The number of ether oxygens (including phenoxy) is 1. The highest BCUT2D eigenvalue weighted by Gasteiger charge is 2.24. The first kappa shape index (κ1) is 22.6. The van der Waals surface area contributed by atoms with Gasteiger partial charge in [0.25, 0.3) is 5.91 Å².